The van der Waals surface area contributed by atoms with E-state index in [2.05, 4.69) is 28.1 Å². The summed E-state index contributed by atoms with van der Waals surface area (Å²) in [6.45, 7) is 0.316. The molecule has 11 heteroatoms. The van der Waals surface area contributed by atoms with Crippen molar-refractivity contribution in [3.05, 3.63) is 95.3 Å². The van der Waals surface area contributed by atoms with Gasteiger partial charge in [0.1, 0.15) is 12.1 Å². The molecule has 0 aliphatic heterocycles. The number of aromatic nitrogens is 2. The molecule has 4 rings (SSSR count). The fraction of sp³-hybridized carbons (Fsp3) is 0.0833. The Hall–Kier alpha value is -4.12. The summed E-state index contributed by atoms with van der Waals surface area (Å²) in [5.41, 5.74) is 6.56. The number of rotatable bonds is 6. The predicted octanol–water partition coefficient (Wildman–Crippen LogP) is 4.85. The molecule has 1 heterocycles. The number of benzene rings is 3. The molecule has 178 valence electrons. The summed E-state index contributed by atoms with van der Waals surface area (Å²) in [4.78, 5) is 32.8. The smallest absolute Gasteiger partial charge is 0.366 e. The van der Waals surface area contributed by atoms with Crippen LogP contribution in [-0.2, 0) is 12.7 Å². The summed E-state index contributed by atoms with van der Waals surface area (Å²) < 4.78 is 39.4. The van der Waals surface area contributed by atoms with Crippen molar-refractivity contribution in [2.24, 2.45) is 5.73 Å². The number of hydrogen-bond acceptors (Lipinski definition) is 6. The number of carbonyl (C=O) groups is 2. The second-order valence-electron chi connectivity index (χ2n) is 7.50. The topological polar surface area (TPSA) is 101 Å². The Balaban J connectivity index is 1.51. The van der Waals surface area contributed by atoms with Gasteiger partial charge in [-0.25, -0.2) is 9.97 Å². The number of thiol groups is 1. The van der Waals surface area contributed by atoms with Crippen LogP contribution in [0.1, 0.15) is 31.8 Å². The molecule has 35 heavy (non-hydrogen) atoms. The van der Waals surface area contributed by atoms with Crippen LogP contribution in [0.5, 0.6) is 0 Å². The second-order valence-corrected chi connectivity index (χ2v) is 7.90. The summed E-state index contributed by atoms with van der Waals surface area (Å²) in [5, 5.41) is 3.80. The maximum Gasteiger partial charge on any atom is 0.416 e. The van der Waals surface area contributed by atoms with Gasteiger partial charge in [-0.3, -0.25) is 13.9 Å². The monoisotopic (exact) mass is 497 g/mol. The number of hydrogen-bond donors (Lipinski definition) is 3. The Labute approximate surface area is 203 Å². The van der Waals surface area contributed by atoms with Gasteiger partial charge in [-0.15, -0.1) is 0 Å². The van der Waals surface area contributed by atoms with E-state index in [1.54, 1.807) is 36.4 Å². The highest BCUT2D eigenvalue weighted by Crippen LogP contribution is 2.30. The third kappa shape index (κ3) is 5.19. The van der Waals surface area contributed by atoms with E-state index in [-0.39, 0.29) is 11.1 Å². The minimum absolute atomic E-state index is 0.0641. The zero-order chi connectivity index (χ0) is 25.2. The molecule has 0 unspecified atom stereocenters. The Morgan fingerprint density at radius 2 is 1.71 bits per heavy atom. The Kier molecular flexibility index (Phi) is 6.61. The highest BCUT2D eigenvalue weighted by Gasteiger charge is 2.30. The van der Waals surface area contributed by atoms with E-state index in [1.807, 2.05) is 6.07 Å². The zero-order valence-corrected chi connectivity index (χ0v) is 18.8. The number of carbonyl (C=O) groups excluding carboxylic acids is 2. The quantitative estimate of drug-likeness (QED) is 0.331. The lowest BCUT2D eigenvalue weighted by atomic mass is 10.1. The number of nitrogens with one attached hydrogen (secondary N) is 1. The van der Waals surface area contributed by atoms with Gasteiger partial charge in [0.05, 0.1) is 22.3 Å². The van der Waals surface area contributed by atoms with Crippen LogP contribution >= 0.6 is 12.8 Å². The average molecular weight is 498 g/mol. The molecular formula is C24H18F3N5O2S. The van der Waals surface area contributed by atoms with Gasteiger partial charge in [0.15, 0.2) is 0 Å². The van der Waals surface area contributed by atoms with Gasteiger partial charge in [0, 0.05) is 17.5 Å². The number of amides is 2. The van der Waals surface area contributed by atoms with E-state index >= 15 is 0 Å². The van der Waals surface area contributed by atoms with E-state index in [1.165, 1.54) is 6.33 Å². The summed E-state index contributed by atoms with van der Waals surface area (Å²) in [5.74, 6) is -0.681. The van der Waals surface area contributed by atoms with E-state index in [9.17, 15) is 22.8 Å². The fourth-order valence-electron chi connectivity index (χ4n) is 3.45. The first-order valence-electron chi connectivity index (χ1n) is 10.2. The van der Waals surface area contributed by atoms with Crippen LogP contribution in [0.25, 0.3) is 10.9 Å². The molecule has 0 aliphatic rings. The molecule has 0 atom stereocenters. The van der Waals surface area contributed by atoms with Gasteiger partial charge in [-0.05, 0) is 54.1 Å². The maximum atomic E-state index is 12.8. The lowest BCUT2D eigenvalue weighted by Crippen LogP contribution is -2.21. The van der Waals surface area contributed by atoms with E-state index < -0.39 is 23.6 Å². The lowest BCUT2D eigenvalue weighted by Gasteiger charge is -2.17. The summed E-state index contributed by atoms with van der Waals surface area (Å²) >= 11 is 4.25. The number of anilines is 2. The average Bonchev–Trinajstić information content (AvgIpc) is 2.85. The van der Waals surface area contributed by atoms with Crippen molar-refractivity contribution in [2.45, 2.75) is 12.7 Å². The number of primary amides is 1. The Morgan fingerprint density at radius 3 is 2.40 bits per heavy atom. The van der Waals surface area contributed by atoms with Crippen LogP contribution in [0.3, 0.4) is 0 Å². The van der Waals surface area contributed by atoms with Gasteiger partial charge in [0.2, 0.25) is 0 Å². The standard InChI is InChI=1S/C24H18F3N5O2S/c25-24(26,27)16-9-7-15(8-10-16)23(34)32(35)17-4-1-3-14(11-17)12-29-22-19-6-2-5-18(21(28)33)20(19)30-13-31-22/h1-11,13,35H,12H2,(H2,28,33)(H,29,30,31). The van der Waals surface area contributed by atoms with Crippen molar-refractivity contribution in [3.63, 3.8) is 0 Å². The SMILES string of the molecule is NC(=O)c1cccc2c(NCc3cccc(N(S)C(=O)c4ccc(C(F)(F)F)cc4)c3)ncnc12. The number of alkyl halides is 3. The van der Waals surface area contributed by atoms with Crippen LogP contribution in [0, 0.1) is 0 Å². The molecule has 0 bridgehead atoms. The molecule has 0 saturated heterocycles. The molecule has 3 aromatic carbocycles. The highest BCUT2D eigenvalue weighted by atomic mass is 32.1. The van der Waals surface area contributed by atoms with Gasteiger partial charge < -0.3 is 11.1 Å². The van der Waals surface area contributed by atoms with E-state index in [0.717, 1.165) is 34.1 Å². The molecule has 2 amide bonds. The Morgan fingerprint density at radius 1 is 1.00 bits per heavy atom. The number of para-hydroxylation sites is 1. The molecule has 0 saturated carbocycles. The number of nitrogens with zero attached hydrogens (tertiary/aromatic N) is 3. The summed E-state index contributed by atoms with van der Waals surface area (Å²) in [6, 6.07) is 15.9. The van der Waals surface area contributed by atoms with Crippen molar-refractivity contribution in [1.82, 2.24) is 9.97 Å². The minimum atomic E-state index is -4.49. The number of fused-ring (bicyclic) bond motifs is 1. The first-order chi connectivity index (χ1) is 16.6. The van der Waals surface area contributed by atoms with Gasteiger partial charge in [-0.1, -0.05) is 31.0 Å². The summed E-state index contributed by atoms with van der Waals surface area (Å²) in [6.07, 6.45) is -3.16. The number of halogens is 3. The molecule has 7 nitrogen and oxygen atoms in total. The van der Waals surface area contributed by atoms with Crippen molar-refractivity contribution in [2.75, 3.05) is 9.62 Å². The number of nitrogens with two attached hydrogens (primary N) is 1. The predicted molar refractivity (Wildman–Crippen MR) is 129 cm³/mol. The molecule has 3 N–H and O–H groups in total. The molecular weight excluding hydrogens is 479 g/mol. The first-order valence-corrected chi connectivity index (χ1v) is 10.6. The fourth-order valence-corrected chi connectivity index (χ4v) is 3.69. The van der Waals surface area contributed by atoms with E-state index in [4.69, 9.17) is 5.73 Å². The van der Waals surface area contributed by atoms with Crippen molar-refractivity contribution in [3.8, 4) is 0 Å². The molecule has 0 spiro atoms. The molecule has 0 radical (unpaired) electrons. The maximum absolute atomic E-state index is 12.8. The van der Waals surface area contributed by atoms with Crippen LogP contribution in [0.15, 0.2) is 73.1 Å². The Bertz CT molecular complexity index is 1410. The van der Waals surface area contributed by atoms with Gasteiger partial charge in [0.25, 0.3) is 11.8 Å². The lowest BCUT2D eigenvalue weighted by molar-refractivity contribution is -0.137. The molecule has 0 fully saturated rings. The highest BCUT2D eigenvalue weighted by molar-refractivity contribution is 7.82. The largest absolute Gasteiger partial charge is 0.416 e. The van der Waals surface area contributed by atoms with Crippen LogP contribution in [-0.4, -0.2) is 21.8 Å². The van der Waals surface area contributed by atoms with E-state index in [0.29, 0.717) is 29.0 Å². The third-order valence-electron chi connectivity index (χ3n) is 5.20. The first kappa shape index (κ1) is 24.0. The van der Waals surface area contributed by atoms with Crippen molar-refractivity contribution in [1.29, 1.82) is 0 Å². The van der Waals surface area contributed by atoms with Gasteiger partial charge in [-0.2, -0.15) is 13.2 Å². The minimum Gasteiger partial charge on any atom is -0.366 e. The second kappa shape index (κ2) is 9.63. The molecule has 0 aliphatic carbocycles. The third-order valence-corrected chi connectivity index (χ3v) is 5.61. The van der Waals surface area contributed by atoms with Crippen LogP contribution in [0.4, 0.5) is 24.7 Å². The van der Waals surface area contributed by atoms with Crippen molar-refractivity contribution < 1.29 is 22.8 Å². The molecule has 4 aromatic rings. The zero-order valence-electron chi connectivity index (χ0n) is 18.0. The normalized spacial score (nSPS) is 11.3. The van der Waals surface area contributed by atoms with Crippen molar-refractivity contribution >= 4 is 47.0 Å². The van der Waals surface area contributed by atoms with Gasteiger partial charge >= 0.3 is 6.18 Å². The van der Waals surface area contributed by atoms with Crippen LogP contribution < -0.4 is 15.4 Å². The molecule has 1 aromatic heterocycles. The van der Waals surface area contributed by atoms with Crippen LogP contribution in [0.2, 0.25) is 0 Å². The summed E-state index contributed by atoms with van der Waals surface area (Å²) in [7, 11) is 0.